The summed E-state index contributed by atoms with van der Waals surface area (Å²) >= 11 is 0. The van der Waals surface area contributed by atoms with Crippen molar-refractivity contribution in [2.45, 2.75) is 116 Å². The third kappa shape index (κ3) is 9.49. The van der Waals surface area contributed by atoms with Crippen LogP contribution in [-0.4, -0.2) is 33.9 Å². The summed E-state index contributed by atoms with van der Waals surface area (Å²) in [4.78, 5) is 51.2. The molecule has 1 saturated carbocycles. The van der Waals surface area contributed by atoms with E-state index in [-0.39, 0.29) is 17.9 Å². The summed E-state index contributed by atoms with van der Waals surface area (Å²) < 4.78 is 39.7. The molecular formula is C32H42F2N2O6. The number of carbonyl (C=O) groups is 3. The van der Waals surface area contributed by atoms with Crippen LogP contribution >= 0.6 is 0 Å². The van der Waals surface area contributed by atoms with Gasteiger partial charge in [-0.05, 0) is 84.8 Å². The maximum absolute atomic E-state index is 13.9. The fourth-order valence-electron chi connectivity index (χ4n) is 4.65. The van der Waals surface area contributed by atoms with E-state index in [1.165, 1.54) is 12.1 Å². The van der Waals surface area contributed by atoms with Gasteiger partial charge >= 0.3 is 12.2 Å². The average molecular weight is 589 g/mol. The predicted molar refractivity (Wildman–Crippen MR) is 155 cm³/mol. The lowest BCUT2D eigenvalue weighted by atomic mass is 9.88. The van der Waals surface area contributed by atoms with Crippen molar-refractivity contribution in [3.05, 3.63) is 69.1 Å². The molecule has 1 aromatic heterocycles. The monoisotopic (exact) mass is 588 g/mol. The van der Waals surface area contributed by atoms with Crippen LogP contribution in [0.5, 0.6) is 0 Å². The van der Waals surface area contributed by atoms with Crippen molar-refractivity contribution in [3.63, 3.8) is 0 Å². The quantitative estimate of drug-likeness (QED) is 0.307. The molecule has 0 saturated heterocycles. The number of nitrogens with one attached hydrogen (secondary N) is 1. The van der Waals surface area contributed by atoms with Crippen LogP contribution < -0.4 is 10.9 Å². The van der Waals surface area contributed by atoms with Gasteiger partial charge in [0.2, 0.25) is 5.91 Å². The number of aromatic nitrogens is 1. The van der Waals surface area contributed by atoms with Crippen molar-refractivity contribution in [1.29, 1.82) is 0 Å². The molecule has 3 rings (SSSR count). The van der Waals surface area contributed by atoms with Crippen molar-refractivity contribution in [1.82, 2.24) is 9.88 Å². The number of imide groups is 1. The maximum Gasteiger partial charge on any atom is 0.421 e. The second kappa shape index (κ2) is 12.8. The van der Waals surface area contributed by atoms with E-state index in [0.29, 0.717) is 36.1 Å². The number of halogens is 2. The van der Waals surface area contributed by atoms with Crippen molar-refractivity contribution in [2.75, 3.05) is 0 Å². The first-order valence-corrected chi connectivity index (χ1v) is 14.4. The molecular weight excluding hydrogens is 546 g/mol. The molecule has 1 fully saturated rings. The molecule has 2 amide bonds. The van der Waals surface area contributed by atoms with E-state index in [0.717, 1.165) is 24.3 Å². The fraction of sp³-hybridized carbons (Fsp3) is 0.562. The molecule has 8 nitrogen and oxygen atoms in total. The van der Waals surface area contributed by atoms with Crippen LogP contribution in [0.4, 0.5) is 18.4 Å². The van der Waals surface area contributed by atoms with Gasteiger partial charge in [0.05, 0.1) is 0 Å². The van der Waals surface area contributed by atoms with Crippen molar-refractivity contribution in [2.24, 2.45) is 0 Å². The number of benzene rings is 1. The topological polar surface area (TPSA) is 104 Å². The minimum absolute atomic E-state index is 0.0481. The van der Waals surface area contributed by atoms with E-state index in [2.05, 4.69) is 5.32 Å². The van der Waals surface area contributed by atoms with Gasteiger partial charge in [0.1, 0.15) is 11.2 Å². The number of nitrogens with zero attached hydrogens (tertiary/aromatic N) is 1. The highest BCUT2D eigenvalue weighted by atomic mass is 19.3. The second-order valence-corrected chi connectivity index (χ2v) is 13.0. The highest BCUT2D eigenvalue weighted by molar-refractivity contribution is 5.91. The largest absolute Gasteiger partial charge is 0.444 e. The Morgan fingerprint density at radius 3 is 2.02 bits per heavy atom. The lowest BCUT2D eigenvalue weighted by Crippen LogP contribution is -2.37. The summed E-state index contributed by atoms with van der Waals surface area (Å²) in [7, 11) is 0. The first-order valence-electron chi connectivity index (χ1n) is 14.4. The maximum atomic E-state index is 13.9. The molecule has 230 valence electrons. The summed E-state index contributed by atoms with van der Waals surface area (Å²) in [5, 5.41) is 2.21. The van der Waals surface area contributed by atoms with E-state index in [9.17, 15) is 28.0 Å². The Bertz CT molecular complexity index is 1340. The molecule has 1 aliphatic rings. The number of carbonyl (C=O) groups excluding carboxylic acids is 3. The van der Waals surface area contributed by atoms with Gasteiger partial charge in [0.25, 0.3) is 11.5 Å². The SMILES string of the molecule is CC(C)(C)OC(=O)NC(=O)CCCC[C@H](c1ccc(C(C)(F)F)cc1)c1ccc(C2CC2)c(=O)n1C(=O)OC(C)(C)C. The summed E-state index contributed by atoms with van der Waals surface area (Å²) in [6.45, 7) is 11.0. The number of unbranched alkanes of at least 4 members (excludes halogenated alkanes) is 1. The molecule has 1 heterocycles. The van der Waals surface area contributed by atoms with E-state index in [1.54, 1.807) is 65.8 Å². The zero-order chi connectivity index (χ0) is 31.5. The Morgan fingerprint density at radius 1 is 0.905 bits per heavy atom. The number of alkyl carbamates (subject to hydrolysis) is 1. The Labute approximate surface area is 245 Å². The molecule has 2 aromatic rings. The molecule has 0 aliphatic heterocycles. The van der Waals surface area contributed by atoms with Gasteiger partial charge in [-0.25, -0.2) is 22.9 Å². The molecule has 1 atom stereocenters. The van der Waals surface area contributed by atoms with Gasteiger partial charge in [-0.15, -0.1) is 0 Å². The Morgan fingerprint density at radius 2 is 1.50 bits per heavy atom. The van der Waals surface area contributed by atoms with Gasteiger partial charge < -0.3 is 9.47 Å². The van der Waals surface area contributed by atoms with E-state index in [4.69, 9.17) is 9.47 Å². The summed E-state index contributed by atoms with van der Waals surface area (Å²) in [6.07, 6.45) is 1.42. The molecule has 42 heavy (non-hydrogen) atoms. The highest BCUT2D eigenvalue weighted by Gasteiger charge is 2.32. The van der Waals surface area contributed by atoms with E-state index < -0.39 is 46.7 Å². The molecule has 0 radical (unpaired) electrons. The second-order valence-electron chi connectivity index (χ2n) is 13.0. The number of amides is 2. The number of pyridine rings is 1. The third-order valence-corrected chi connectivity index (χ3v) is 6.70. The molecule has 1 aromatic carbocycles. The lowest BCUT2D eigenvalue weighted by Gasteiger charge is -2.25. The van der Waals surface area contributed by atoms with Gasteiger partial charge in [0.15, 0.2) is 0 Å². The van der Waals surface area contributed by atoms with Crippen LogP contribution in [-0.2, 0) is 20.2 Å². The van der Waals surface area contributed by atoms with Crippen LogP contribution in [0.25, 0.3) is 0 Å². The van der Waals surface area contributed by atoms with Crippen LogP contribution in [0.15, 0.2) is 41.2 Å². The minimum atomic E-state index is -3.03. The first-order chi connectivity index (χ1) is 19.4. The van der Waals surface area contributed by atoms with Crippen LogP contribution in [0.2, 0.25) is 0 Å². The highest BCUT2D eigenvalue weighted by Crippen LogP contribution is 2.39. The van der Waals surface area contributed by atoms with Crippen LogP contribution in [0.3, 0.4) is 0 Å². The number of rotatable bonds is 9. The van der Waals surface area contributed by atoms with Gasteiger partial charge in [-0.1, -0.05) is 36.8 Å². The van der Waals surface area contributed by atoms with Gasteiger partial charge in [0, 0.05) is 36.1 Å². The predicted octanol–water partition coefficient (Wildman–Crippen LogP) is 7.36. The zero-order valence-electron chi connectivity index (χ0n) is 25.5. The first kappa shape index (κ1) is 32.9. The van der Waals surface area contributed by atoms with Crippen LogP contribution in [0, 0.1) is 0 Å². The summed E-state index contributed by atoms with van der Waals surface area (Å²) in [5.74, 6) is -3.96. The fourth-order valence-corrected chi connectivity index (χ4v) is 4.65. The van der Waals surface area contributed by atoms with Crippen molar-refractivity contribution >= 4 is 18.1 Å². The molecule has 1 N–H and O–H groups in total. The standard InChI is InChI=1S/C32H42F2N2O6/c1-30(2,3)41-28(39)35-26(37)11-9-8-10-23(20-14-16-22(17-15-20)32(7,33)34)25-19-18-24(21-12-13-21)27(38)36(25)29(40)42-31(4,5)6/h14-19,21,23H,8-13H2,1-7H3,(H,35,37,39)/t23-/m1/s1. The molecule has 0 unspecified atom stereocenters. The third-order valence-electron chi connectivity index (χ3n) is 6.70. The summed E-state index contributed by atoms with van der Waals surface area (Å²) in [5.41, 5.74) is -0.629. The Hall–Kier alpha value is -3.56. The average Bonchev–Trinajstić information content (AvgIpc) is 3.66. The van der Waals surface area contributed by atoms with E-state index >= 15 is 0 Å². The van der Waals surface area contributed by atoms with Crippen molar-refractivity contribution in [3.8, 4) is 0 Å². The van der Waals surface area contributed by atoms with Gasteiger partial charge in [-0.3, -0.25) is 14.9 Å². The molecule has 0 spiro atoms. The van der Waals surface area contributed by atoms with Crippen molar-refractivity contribution < 1.29 is 32.6 Å². The Balaban J connectivity index is 1.91. The molecule has 1 aliphatic carbocycles. The van der Waals surface area contributed by atoms with Gasteiger partial charge in [-0.2, -0.15) is 0 Å². The lowest BCUT2D eigenvalue weighted by molar-refractivity contribution is -0.120. The van der Waals surface area contributed by atoms with Crippen LogP contribution in [0.1, 0.15) is 121 Å². The number of hydrogen-bond donors (Lipinski definition) is 1. The normalized spacial score (nSPS) is 14.7. The smallest absolute Gasteiger partial charge is 0.421 e. The zero-order valence-corrected chi connectivity index (χ0v) is 25.5. The summed E-state index contributed by atoms with van der Waals surface area (Å²) in [6, 6.07) is 9.31. The number of hydrogen-bond acceptors (Lipinski definition) is 6. The molecule has 0 bridgehead atoms. The number of ether oxygens (including phenoxy) is 2. The molecule has 10 heteroatoms. The Kier molecular flexibility index (Phi) is 10.0. The van der Waals surface area contributed by atoms with E-state index in [1.807, 2.05) is 0 Å². The number of alkyl halides is 2. The minimum Gasteiger partial charge on any atom is -0.444 e.